The third kappa shape index (κ3) is 3.25. The number of benzene rings is 2. The van der Waals surface area contributed by atoms with E-state index in [4.69, 9.17) is 4.74 Å². The van der Waals surface area contributed by atoms with Gasteiger partial charge in [0.05, 0.1) is 0 Å². The highest BCUT2D eigenvalue weighted by molar-refractivity contribution is 7.80. The number of hydrogen-bond donors (Lipinski definition) is 1. The van der Waals surface area contributed by atoms with E-state index in [2.05, 4.69) is 10.8 Å². The number of nitriles is 1. The van der Waals surface area contributed by atoms with E-state index < -0.39 is 11.3 Å². The monoisotopic (exact) mass is 369 g/mol. The SMILES string of the molecule is C/C=C1\Oc2cc(NS(=O)[O-])cc(C)c2C(c2ccc(F)cc2)=C1C#N. The van der Waals surface area contributed by atoms with Gasteiger partial charge in [0.15, 0.2) is 0 Å². The van der Waals surface area contributed by atoms with Crippen LogP contribution in [0.25, 0.3) is 5.57 Å². The first-order valence-corrected chi connectivity index (χ1v) is 8.78. The Labute approximate surface area is 152 Å². The molecule has 1 aliphatic heterocycles. The number of ether oxygens (including phenoxy) is 1. The molecule has 5 nitrogen and oxygen atoms in total. The zero-order valence-corrected chi connectivity index (χ0v) is 14.8. The van der Waals surface area contributed by atoms with Crippen molar-refractivity contribution in [3.8, 4) is 11.8 Å². The van der Waals surface area contributed by atoms with E-state index in [0.29, 0.717) is 39.5 Å². The Hall–Kier alpha value is -2.95. The fourth-order valence-electron chi connectivity index (χ4n) is 2.95. The minimum absolute atomic E-state index is 0.336. The minimum Gasteiger partial charge on any atom is -0.755 e. The van der Waals surface area contributed by atoms with Gasteiger partial charge in [-0.15, -0.1) is 0 Å². The Balaban J connectivity index is 2.30. The molecular weight excluding hydrogens is 355 g/mol. The second-order valence-electron chi connectivity index (χ2n) is 5.63. The fourth-order valence-corrected chi connectivity index (χ4v) is 3.26. The van der Waals surface area contributed by atoms with E-state index in [0.717, 1.165) is 5.56 Å². The summed E-state index contributed by atoms with van der Waals surface area (Å²) in [4.78, 5) is 0. The van der Waals surface area contributed by atoms with Crippen LogP contribution >= 0.6 is 0 Å². The van der Waals surface area contributed by atoms with Crippen LogP contribution in [-0.4, -0.2) is 8.76 Å². The Morgan fingerprint density at radius 1 is 1.31 bits per heavy atom. The average molecular weight is 369 g/mol. The first-order chi connectivity index (χ1) is 12.4. The van der Waals surface area contributed by atoms with Crippen molar-refractivity contribution in [1.82, 2.24) is 0 Å². The first kappa shape index (κ1) is 17.9. The van der Waals surface area contributed by atoms with Gasteiger partial charge in [-0.1, -0.05) is 12.1 Å². The molecule has 0 bridgehead atoms. The molecule has 0 radical (unpaired) electrons. The summed E-state index contributed by atoms with van der Waals surface area (Å²) in [6.45, 7) is 3.53. The Morgan fingerprint density at radius 3 is 2.58 bits per heavy atom. The predicted molar refractivity (Wildman–Crippen MR) is 96.1 cm³/mol. The number of aryl methyl sites for hydroxylation is 1. The van der Waals surface area contributed by atoms with Crippen LogP contribution in [0.5, 0.6) is 5.75 Å². The highest BCUT2D eigenvalue weighted by Gasteiger charge is 2.27. The molecule has 1 N–H and O–H groups in total. The van der Waals surface area contributed by atoms with E-state index in [1.54, 1.807) is 44.2 Å². The van der Waals surface area contributed by atoms with Crippen molar-refractivity contribution in [2.45, 2.75) is 13.8 Å². The van der Waals surface area contributed by atoms with Crippen molar-refractivity contribution in [3.63, 3.8) is 0 Å². The number of fused-ring (bicyclic) bond motifs is 1. The molecule has 0 amide bonds. The van der Waals surface area contributed by atoms with Crippen LogP contribution in [-0.2, 0) is 11.3 Å². The summed E-state index contributed by atoms with van der Waals surface area (Å²) in [5.41, 5.74) is 3.36. The zero-order chi connectivity index (χ0) is 18.8. The van der Waals surface area contributed by atoms with E-state index in [1.165, 1.54) is 12.1 Å². The number of anilines is 1. The molecule has 0 saturated heterocycles. The number of rotatable bonds is 3. The van der Waals surface area contributed by atoms with Crippen LogP contribution in [0.15, 0.2) is 53.8 Å². The highest BCUT2D eigenvalue weighted by Crippen LogP contribution is 2.44. The van der Waals surface area contributed by atoms with E-state index in [1.807, 2.05) is 0 Å². The van der Waals surface area contributed by atoms with Gasteiger partial charge >= 0.3 is 0 Å². The lowest BCUT2D eigenvalue weighted by atomic mass is 9.87. The molecule has 1 unspecified atom stereocenters. The van der Waals surface area contributed by atoms with Crippen LogP contribution in [0.3, 0.4) is 0 Å². The van der Waals surface area contributed by atoms with Gasteiger partial charge in [-0.25, -0.2) is 4.39 Å². The maximum atomic E-state index is 13.3. The second kappa shape index (κ2) is 7.12. The van der Waals surface area contributed by atoms with Crippen molar-refractivity contribution in [2.24, 2.45) is 0 Å². The number of allylic oxidation sites excluding steroid dienone is 2. The molecule has 0 fully saturated rings. The maximum absolute atomic E-state index is 13.3. The van der Waals surface area contributed by atoms with Gasteiger partial charge in [-0.3, -0.25) is 4.21 Å². The molecule has 0 aromatic heterocycles. The van der Waals surface area contributed by atoms with Gasteiger partial charge in [0.2, 0.25) is 0 Å². The largest absolute Gasteiger partial charge is 0.755 e. The van der Waals surface area contributed by atoms with Gasteiger partial charge in [0, 0.05) is 34.2 Å². The molecule has 26 heavy (non-hydrogen) atoms. The molecule has 132 valence electrons. The van der Waals surface area contributed by atoms with Gasteiger partial charge in [-0.05, 0) is 49.2 Å². The summed E-state index contributed by atoms with van der Waals surface area (Å²) < 4.78 is 43.3. The quantitative estimate of drug-likeness (QED) is 0.830. The molecule has 1 atom stereocenters. The van der Waals surface area contributed by atoms with Gasteiger partial charge in [0.1, 0.15) is 29.0 Å². The van der Waals surface area contributed by atoms with Gasteiger partial charge in [0.25, 0.3) is 0 Å². The second-order valence-corrected chi connectivity index (χ2v) is 6.30. The normalized spacial score (nSPS) is 15.9. The smallest absolute Gasteiger partial charge is 0.141 e. The van der Waals surface area contributed by atoms with Crippen LogP contribution in [0.1, 0.15) is 23.6 Å². The van der Waals surface area contributed by atoms with Crippen LogP contribution in [0.2, 0.25) is 0 Å². The van der Waals surface area contributed by atoms with E-state index in [9.17, 15) is 18.4 Å². The molecule has 2 aromatic carbocycles. The van der Waals surface area contributed by atoms with Gasteiger partial charge in [-0.2, -0.15) is 5.26 Å². The summed E-state index contributed by atoms with van der Waals surface area (Å²) in [5, 5.41) is 9.67. The molecule has 7 heteroatoms. The summed E-state index contributed by atoms with van der Waals surface area (Å²) in [5.74, 6) is 0.407. The minimum atomic E-state index is -2.47. The lowest BCUT2D eigenvalue weighted by molar-refractivity contribution is 0.432. The van der Waals surface area contributed by atoms with E-state index >= 15 is 0 Å². The van der Waals surface area contributed by atoms with Crippen molar-refractivity contribution >= 4 is 22.5 Å². The number of halogens is 1. The molecule has 0 spiro atoms. The third-order valence-electron chi connectivity index (χ3n) is 3.97. The molecule has 0 aliphatic carbocycles. The Morgan fingerprint density at radius 2 is 2.00 bits per heavy atom. The Bertz CT molecular complexity index is 1000. The zero-order valence-electron chi connectivity index (χ0n) is 14.0. The summed E-state index contributed by atoms with van der Waals surface area (Å²) >= 11 is -2.47. The van der Waals surface area contributed by atoms with Crippen molar-refractivity contribution in [2.75, 3.05) is 4.72 Å². The van der Waals surface area contributed by atoms with Crippen molar-refractivity contribution in [1.29, 1.82) is 5.26 Å². The molecular formula is C19H14FN2O3S-. The average Bonchev–Trinajstić information content (AvgIpc) is 2.60. The van der Waals surface area contributed by atoms with Crippen LogP contribution < -0.4 is 9.46 Å². The molecule has 1 aliphatic rings. The molecule has 2 aromatic rings. The van der Waals surface area contributed by atoms with Crippen molar-refractivity contribution < 1.29 is 17.9 Å². The van der Waals surface area contributed by atoms with Crippen LogP contribution in [0.4, 0.5) is 10.1 Å². The topological polar surface area (TPSA) is 85.2 Å². The maximum Gasteiger partial charge on any atom is 0.141 e. The van der Waals surface area contributed by atoms with Crippen LogP contribution in [0, 0.1) is 24.1 Å². The van der Waals surface area contributed by atoms with Crippen molar-refractivity contribution in [3.05, 3.63) is 76.3 Å². The standard InChI is InChI=1S/C19H15FN2O3S/c1-3-16-15(10-21)19(12-4-6-13(20)7-5-12)18-11(2)8-14(22-26(23)24)9-17(18)25-16/h3-9,22H,1-2H3,(H,23,24)/p-1/b16-3-. The highest BCUT2D eigenvalue weighted by atomic mass is 32.2. The summed E-state index contributed by atoms with van der Waals surface area (Å²) in [6, 6.07) is 11.2. The first-order valence-electron chi connectivity index (χ1n) is 7.70. The summed E-state index contributed by atoms with van der Waals surface area (Å²) in [6.07, 6.45) is 1.66. The third-order valence-corrected chi connectivity index (χ3v) is 4.38. The fraction of sp³-hybridized carbons (Fsp3) is 0.105. The van der Waals surface area contributed by atoms with Gasteiger partial charge < -0.3 is 14.0 Å². The molecule has 1 heterocycles. The number of nitrogens with one attached hydrogen (secondary N) is 1. The van der Waals surface area contributed by atoms with E-state index in [-0.39, 0.29) is 5.82 Å². The lowest BCUT2D eigenvalue weighted by Crippen LogP contribution is -2.12. The summed E-state index contributed by atoms with van der Waals surface area (Å²) in [7, 11) is 0. The number of nitrogens with zero attached hydrogens (tertiary/aromatic N) is 1. The Kier molecular flexibility index (Phi) is 4.89. The predicted octanol–water partition coefficient (Wildman–Crippen LogP) is 3.96. The lowest BCUT2D eigenvalue weighted by Gasteiger charge is -2.26. The number of hydrogen-bond acceptors (Lipinski definition) is 4. The molecule has 3 rings (SSSR count). The molecule has 0 saturated carbocycles.